The predicted octanol–water partition coefficient (Wildman–Crippen LogP) is 2.36. The largest absolute Gasteiger partial charge is 0.481 e. The van der Waals surface area contributed by atoms with Crippen LogP contribution in [0.1, 0.15) is 18.4 Å². The van der Waals surface area contributed by atoms with Crippen LogP contribution in [0.2, 0.25) is 0 Å². The molecule has 2 bridgehead atoms. The quantitative estimate of drug-likeness (QED) is 0.823. The summed E-state index contributed by atoms with van der Waals surface area (Å²) in [7, 11) is 0. The Balaban J connectivity index is 0.000000168. The fourth-order valence-corrected chi connectivity index (χ4v) is 3.63. The third-order valence-electron chi connectivity index (χ3n) is 4.24. The monoisotopic (exact) mass is 342 g/mol. The zero-order valence-electron chi connectivity index (χ0n) is 12.1. The van der Waals surface area contributed by atoms with Crippen LogP contribution < -0.4 is 0 Å². The number of carboxylic acids is 2. The van der Waals surface area contributed by atoms with Crippen molar-refractivity contribution in [3.8, 4) is 0 Å². The Morgan fingerprint density at radius 3 is 2.22 bits per heavy atom. The molecule has 0 saturated heterocycles. The van der Waals surface area contributed by atoms with Crippen LogP contribution in [0.3, 0.4) is 0 Å². The lowest BCUT2D eigenvalue weighted by atomic mass is 9.98. The lowest BCUT2D eigenvalue weighted by Gasteiger charge is -2.12. The normalized spacial score (nSPS) is 28.2. The highest BCUT2D eigenvalue weighted by atomic mass is 35.5. The van der Waals surface area contributed by atoms with E-state index in [9.17, 15) is 18.8 Å². The standard InChI is InChI=1S/C8H9ClO3.C8H7FO2/c9-5-1-4-6(10)2-3(5)7(4)8(11)12;9-7-3-1-6(2-4-7)5-8(10)11/h3-5,7H,1-2H2,(H,11,12);1-4H,5H2,(H,10,11). The highest BCUT2D eigenvalue weighted by Gasteiger charge is 2.55. The molecule has 0 radical (unpaired) electrons. The first kappa shape index (κ1) is 17.4. The number of hydrogen-bond donors (Lipinski definition) is 2. The summed E-state index contributed by atoms with van der Waals surface area (Å²) in [5, 5.41) is 17.1. The number of benzene rings is 1. The molecule has 2 fully saturated rings. The summed E-state index contributed by atoms with van der Waals surface area (Å²) in [6.07, 6.45) is 0.873. The van der Waals surface area contributed by atoms with Gasteiger partial charge in [-0.2, -0.15) is 0 Å². The summed E-state index contributed by atoms with van der Waals surface area (Å²) in [5.41, 5.74) is 0.610. The van der Waals surface area contributed by atoms with Gasteiger partial charge in [0, 0.05) is 17.7 Å². The third-order valence-corrected chi connectivity index (χ3v) is 4.74. The first-order chi connectivity index (χ1) is 10.8. The summed E-state index contributed by atoms with van der Waals surface area (Å²) in [5.74, 6) is -2.93. The molecule has 7 heteroatoms. The first-order valence-corrected chi connectivity index (χ1v) is 7.59. The van der Waals surface area contributed by atoms with Crippen molar-refractivity contribution < 1.29 is 29.0 Å². The van der Waals surface area contributed by atoms with Crippen LogP contribution in [0, 0.1) is 23.6 Å². The Labute approximate surface area is 137 Å². The maximum atomic E-state index is 12.3. The molecule has 0 spiro atoms. The average Bonchev–Trinajstić information content (AvgIpc) is 2.95. The summed E-state index contributed by atoms with van der Waals surface area (Å²) >= 11 is 5.90. The zero-order valence-corrected chi connectivity index (χ0v) is 12.9. The van der Waals surface area contributed by atoms with Crippen molar-refractivity contribution in [3.63, 3.8) is 0 Å². The number of carboxylic acid groups (broad SMARTS) is 2. The molecular formula is C16H16ClFO5. The van der Waals surface area contributed by atoms with Gasteiger partial charge in [0.1, 0.15) is 11.6 Å². The van der Waals surface area contributed by atoms with Gasteiger partial charge in [0.25, 0.3) is 0 Å². The molecule has 23 heavy (non-hydrogen) atoms. The third kappa shape index (κ3) is 4.07. The molecule has 0 amide bonds. The number of halogens is 2. The van der Waals surface area contributed by atoms with Crippen LogP contribution in [-0.2, 0) is 20.8 Å². The fourth-order valence-electron chi connectivity index (χ4n) is 3.19. The maximum absolute atomic E-state index is 12.3. The average molecular weight is 343 g/mol. The minimum Gasteiger partial charge on any atom is -0.481 e. The van der Waals surface area contributed by atoms with Gasteiger partial charge >= 0.3 is 11.9 Å². The molecule has 0 aliphatic heterocycles. The second kappa shape index (κ2) is 7.08. The molecular weight excluding hydrogens is 327 g/mol. The van der Waals surface area contributed by atoms with Crippen molar-refractivity contribution in [1.82, 2.24) is 0 Å². The van der Waals surface area contributed by atoms with E-state index in [1.165, 1.54) is 24.3 Å². The van der Waals surface area contributed by atoms with Gasteiger partial charge in [-0.05, 0) is 30.0 Å². The number of fused-ring (bicyclic) bond motifs is 2. The number of alkyl halides is 1. The van der Waals surface area contributed by atoms with Gasteiger partial charge in [-0.3, -0.25) is 14.4 Å². The van der Waals surface area contributed by atoms with Crippen LogP contribution >= 0.6 is 11.6 Å². The molecule has 0 heterocycles. The van der Waals surface area contributed by atoms with E-state index in [4.69, 9.17) is 21.8 Å². The predicted molar refractivity (Wildman–Crippen MR) is 79.7 cm³/mol. The molecule has 2 N–H and O–H groups in total. The van der Waals surface area contributed by atoms with Gasteiger partial charge in [-0.15, -0.1) is 11.6 Å². The number of aliphatic carboxylic acids is 2. The highest BCUT2D eigenvalue weighted by Crippen LogP contribution is 2.49. The van der Waals surface area contributed by atoms with Gasteiger partial charge < -0.3 is 10.2 Å². The molecule has 4 unspecified atom stereocenters. The van der Waals surface area contributed by atoms with E-state index in [-0.39, 0.29) is 35.2 Å². The molecule has 1 aromatic rings. The van der Waals surface area contributed by atoms with E-state index in [1.54, 1.807) is 0 Å². The SMILES string of the molecule is O=C(O)Cc1ccc(F)cc1.O=C1CC2C(Cl)CC1C2C(=O)O. The van der Waals surface area contributed by atoms with Crippen molar-refractivity contribution in [3.05, 3.63) is 35.6 Å². The topological polar surface area (TPSA) is 91.7 Å². The van der Waals surface area contributed by atoms with E-state index < -0.39 is 17.9 Å². The summed E-state index contributed by atoms with van der Waals surface area (Å²) in [6, 6.07) is 5.42. The Morgan fingerprint density at radius 2 is 1.83 bits per heavy atom. The second-order valence-electron chi connectivity index (χ2n) is 5.75. The van der Waals surface area contributed by atoms with E-state index in [0.29, 0.717) is 18.4 Å². The molecule has 0 aromatic heterocycles. The van der Waals surface area contributed by atoms with Gasteiger partial charge in [0.2, 0.25) is 0 Å². The van der Waals surface area contributed by atoms with Crippen molar-refractivity contribution in [1.29, 1.82) is 0 Å². The Bertz CT molecular complexity index is 615. The summed E-state index contributed by atoms with van der Waals surface area (Å²) in [4.78, 5) is 32.1. The lowest BCUT2D eigenvalue weighted by molar-refractivity contribution is -0.144. The Kier molecular flexibility index (Phi) is 5.36. The number of Topliss-reactive ketones (excluding diaryl/α,β-unsaturated/α-hetero) is 1. The van der Waals surface area contributed by atoms with Crippen LogP contribution in [0.15, 0.2) is 24.3 Å². The van der Waals surface area contributed by atoms with Crippen molar-refractivity contribution in [2.45, 2.75) is 24.6 Å². The second-order valence-corrected chi connectivity index (χ2v) is 6.31. The minimum absolute atomic E-state index is 0.0553. The summed E-state index contributed by atoms with van der Waals surface area (Å²) < 4.78 is 12.3. The Hall–Kier alpha value is -1.95. The van der Waals surface area contributed by atoms with E-state index in [2.05, 4.69) is 0 Å². The zero-order chi connectivity index (χ0) is 17.1. The van der Waals surface area contributed by atoms with Crippen LogP contribution in [0.25, 0.3) is 0 Å². The van der Waals surface area contributed by atoms with E-state index in [0.717, 1.165) is 0 Å². The Morgan fingerprint density at radius 1 is 1.22 bits per heavy atom. The van der Waals surface area contributed by atoms with E-state index >= 15 is 0 Å². The van der Waals surface area contributed by atoms with Gasteiger partial charge in [0.15, 0.2) is 0 Å². The number of rotatable bonds is 3. The van der Waals surface area contributed by atoms with Crippen molar-refractivity contribution >= 4 is 29.3 Å². The molecule has 2 aliphatic carbocycles. The maximum Gasteiger partial charge on any atom is 0.307 e. The molecule has 2 aliphatic rings. The number of carbonyl (C=O) groups excluding carboxylic acids is 1. The smallest absolute Gasteiger partial charge is 0.307 e. The molecule has 1 aromatic carbocycles. The number of hydrogen-bond acceptors (Lipinski definition) is 3. The van der Waals surface area contributed by atoms with Crippen LogP contribution in [-0.4, -0.2) is 33.3 Å². The van der Waals surface area contributed by atoms with Gasteiger partial charge in [-0.1, -0.05) is 12.1 Å². The molecule has 124 valence electrons. The van der Waals surface area contributed by atoms with E-state index in [1.807, 2.05) is 0 Å². The molecule has 5 nitrogen and oxygen atoms in total. The fraction of sp³-hybridized carbons (Fsp3) is 0.438. The molecule has 4 atom stereocenters. The minimum atomic E-state index is -0.906. The van der Waals surface area contributed by atoms with Crippen LogP contribution in [0.5, 0.6) is 0 Å². The molecule has 2 saturated carbocycles. The van der Waals surface area contributed by atoms with Crippen molar-refractivity contribution in [2.75, 3.05) is 0 Å². The molecule has 3 rings (SSSR count). The number of ketones is 1. The number of carbonyl (C=O) groups is 3. The highest BCUT2D eigenvalue weighted by molar-refractivity contribution is 6.22. The lowest BCUT2D eigenvalue weighted by Crippen LogP contribution is -2.20. The first-order valence-electron chi connectivity index (χ1n) is 7.15. The van der Waals surface area contributed by atoms with Crippen molar-refractivity contribution in [2.24, 2.45) is 17.8 Å². The van der Waals surface area contributed by atoms with Gasteiger partial charge in [-0.25, -0.2) is 4.39 Å². The van der Waals surface area contributed by atoms with Crippen LogP contribution in [0.4, 0.5) is 4.39 Å². The summed E-state index contributed by atoms with van der Waals surface area (Å²) in [6.45, 7) is 0. The van der Waals surface area contributed by atoms with Gasteiger partial charge in [0.05, 0.1) is 12.3 Å².